The maximum Gasteiger partial charge on any atom is 0.435 e. The highest BCUT2D eigenvalue weighted by Crippen LogP contribution is 2.27. The molecule has 0 aliphatic heterocycles. The zero-order valence-corrected chi connectivity index (χ0v) is 9.53. The monoisotopic (exact) mass is 273 g/mol. The molecule has 5 nitrogen and oxygen atoms in total. The molecule has 2 rings (SSSR count). The summed E-state index contributed by atoms with van der Waals surface area (Å²) < 4.78 is 38.2. The molecule has 0 unspecified atom stereocenters. The Morgan fingerprint density at radius 1 is 1.33 bits per heavy atom. The number of nitrogens with zero attached hydrogens (tertiary/aromatic N) is 4. The van der Waals surface area contributed by atoms with Gasteiger partial charge in [-0.25, -0.2) is 4.68 Å². The molecule has 0 fully saturated rings. The van der Waals surface area contributed by atoms with Crippen LogP contribution in [0.25, 0.3) is 5.82 Å². The molecule has 0 atom stereocenters. The number of thiocarbonyl (C=S) groups is 1. The first-order chi connectivity index (χ1) is 8.39. The van der Waals surface area contributed by atoms with E-state index in [0.717, 1.165) is 16.9 Å². The molecule has 0 radical (unpaired) electrons. The number of hydrogen-bond acceptors (Lipinski definition) is 4. The Morgan fingerprint density at radius 2 is 2.06 bits per heavy atom. The van der Waals surface area contributed by atoms with E-state index in [4.69, 9.17) is 18.0 Å². The van der Waals surface area contributed by atoms with Crippen molar-refractivity contribution in [1.82, 2.24) is 20.0 Å². The molecule has 2 N–H and O–H groups in total. The van der Waals surface area contributed by atoms with Gasteiger partial charge < -0.3 is 5.73 Å². The first-order valence-corrected chi connectivity index (χ1v) is 5.05. The van der Waals surface area contributed by atoms with E-state index in [1.165, 1.54) is 12.3 Å². The fourth-order valence-electron chi connectivity index (χ4n) is 1.28. The molecule has 0 bridgehead atoms. The molecule has 0 saturated carbocycles. The van der Waals surface area contributed by atoms with Crippen molar-refractivity contribution in [3.05, 3.63) is 35.8 Å². The van der Waals surface area contributed by atoms with E-state index in [1.807, 2.05) is 0 Å². The summed E-state index contributed by atoms with van der Waals surface area (Å²) in [6.45, 7) is 0. The predicted molar refractivity (Wildman–Crippen MR) is 60.0 cm³/mol. The predicted octanol–water partition coefficient (Wildman–Crippen LogP) is 1.32. The summed E-state index contributed by atoms with van der Waals surface area (Å²) in [7, 11) is 0. The smallest absolute Gasteiger partial charge is 0.389 e. The molecule has 94 valence electrons. The van der Waals surface area contributed by atoms with Gasteiger partial charge in [0.05, 0.1) is 11.8 Å². The maximum absolute atomic E-state index is 12.4. The lowest BCUT2D eigenvalue weighted by Gasteiger charge is -2.05. The SMILES string of the molecule is NC(=S)c1ccnnc1-n1ccc(C(F)(F)F)n1. The zero-order chi connectivity index (χ0) is 13.3. The van der Waals surface area contributed by atoms with Gasteiger partial charge in [0, 0.05) is 6.20 Å². The fraction of sp³-hybridized carbons (Fsp3) is 0.111. The standard InChI is InChI=1S/C9H6F3N5S/c10-9(11,12)6-2-4-17(16-6)8-5(7(13)18)1-3-14-15-8/h1-4H,(H2,13,18). The van der Waals surface area contributed by atoms with Crippen molar-refractivity contribution in [2.24, 2.45) is 5.73 Å². The van der Waals surface area contributed by atoms with Crippen molar-refractivity contribution < 1.29 is 13.2 Å². The maximum atomic E-state index is 12.4. The van der Waals surface area contributed by atoms with Gasteiger partial charge in [-0.15, -0.1) is 5.10 Å². The van der Waals surface area contributed by atoms with Gasteiger partial charge in [0.25, 0.3) is 0 Å². The molecule has 0 saturated heterocycles. The summed E-state index contributed by atoms with van der Waals surface area (Å²) >= 11 is 4.78. The van der Waals surface area contributed by atoms with Crippen molar-refractivity contribution >= 4 is 17.2 Å². The minimum atomic E-state index is -4.52. The van der Waals surface area contributed by atoms with E-state index in [-0.39, 0.29) is 10.8 Å². The average molecular weight is 273 g/mol. The molecule has 9 heteroatoms. The van der Waals surface area contributed by atoms with Crippen LogP contribution >= 0.6 is 12.2 Å². The second kappa shape index (κ2) is 4.33. The van der Waals surface area contributed by atoms with Gasteiger partial charge >= 0.3 is 6.18 Å². The Morgan fingerprint density at radius 3 is 2.61 bits per heavy atom. The Hall–Kier alpha value is -2.03. The average Bonchev–Trinajstić information content (AvgIpc) is 2.77. The molecule has 0 amide bonds. The largest absolute Gasteiger partial charge is 0.435 e. The first kappa shape index (κ1) is 12.4. The van der Waals surface area contributed by atoms with Crippen molar-refractivity contribution in [2.75, 3.05) is 0 Å². The summed E-state index contributed by atoms with van der Waals surface area (Å²) in [6.07, 6.45) is -2.06. The van der Waals surface area contributed by atoms with Gasteiger partial charge in [-0.2, -0.15) is 23.4 Å². The van der Waals surface area contributed by atoms with Crippen LogP contribution in [0, 0.1) is 0 Å². The number of aromatic nitrogens is 4. The Balaban J connectivity index is 2.50. The molecule has 0 spiro atoms. The van der Waals surface area contributed by atoms with E-state index in [1.54, 1.807) is 0 Å². The fourth-order valence-corrected chi connectivity index (χ4v) is 1.44. The minimum Gasteiger partial charge on any atom is -0.389 e. The topological polar surface area (TPSA) is 69.6 Å². The second-order valence-electron chi connectivity index (χ2n) is 3.28. The lowest BCUT2D eigenvalue weighted by atomic mass is 10.3. The van der Waals surface area contributed by atoms with Crippen LogP contribution in [0.1, 0.15) is 11.3 Å². The van der Waals surface area contributed by atoms with Crippen LogP contribution in [0.5, 0.6) is 0 Å². The van der Waals surface area contributed by atoms with Crippen LogP contribution in [-0.2, 0) is 6.18 Å². The number of alkyl halides is 3. The Labute approximate surface area is 104 Å². The van der Waals surface area contributed by atoms with Crippen molar-refractivity contribution in [2.45, 2.75) is 6.18 Å². The van der Waals surface area contributed by atoms with Gasteiger partial charge in [0.2, 0.25) is 0 Å². The molecular weight excluding hydrogens is 267 g/mol. The number of rotatable bonds is 2. The molecular formula is C9H6F3N5S. The van der Waals surface area contributed by atoms with E-state index in [2.05, 4.69) is 15.3 Å². The highest BCUT2D eigenvalue weighted by molar-refractivity contribution is 7.80. The summed E-state index contributed by atoms with van der Waals surface area (Å²) in [5.74, 6) is 0.0560. The summed E-state index contributed by atoms with van der Waals surface area (Å²) in [6, 6.07) is 2.29. The van der Waals surface area contributed by atoms with Crippen LogP contribution in [0.3, 0.4) is 0 Å². The minimum absolute atomic E-state index is 0.00367. The summed E-state index contributed by atoms with van der Waals surface area (Å²) in [4.78, 5) is 0.00367. The summed E-state index contributed by atoms with van der Waals surface area (Å²) in [5, 5.41) is 10.6. The highest BCUT2D eigenvalue weighted by Gasteiger charge is 2.33. The van der Waals surface area contributed by atoms with E-state index >= 15 is 0 Å². The van der Waals surface area contributed by atoms with Crippen molar-refractivity contribution in [3.63, 3.8) is 0 Å². The third kappa shape index (κ3) is 2.30. The molecule has 2 heterocycles. The molecule has 2 aromatic heterocycles. The van der Waals surface area contributed by atoms with Crippen LogP contribution in [-0.4, -0.2) is 25.0 Å². The van der Waals surface area contributed by atoms with Gasteiger partial charge in [0.1, 0.15) is 4.99 Å². The molecule has 2 aromatic rings. The van der Waals surface area contributed by atoms with E-state index < -0.39 is 11.9 Å². The Bertz CT molecular complexity index is 592. The van der Waals surface area contributed by atoms with Crippen LogP contribution in [0.15, 0.2) is 24.5 Å². The molecule has 0 aliphatic rings. The van der Waals surface area contributed by atoms with Crippen molar-refractivity contribution in [3.8, 4) is 5.82 Å². The highest BCUT2D eigenvalue weighted by atomic mass is 32.1. The number of nitrogens with two attached hydrogens (primary N) is 1. The van der Waals surface area contributed by atoms with Crippen LogP contribution in [0.2, 0.25) is 0 Å². The quantitative estimate of drug-likeness (QED) is 0.836. The lowest BCUT2D eigenvalue weighted by Crippen LogP contribution is -2.16. The van der Waals surface area contributed by atoms with Crippen LogP contribution < -0.4 is 5.73 Å². The molecule has 18 heavy (non-hydrogen) atoms. The van der Waals surface area contributed by atoms with E-state index in [9.17, 15) is 13.2 Å². The molecule has 0 aromatic carbocycles. The first-order valence-electron chi connectivity index (χ1n) is 4.64. The normalized spacial score (nSPS) is 11.5. The van der Waals surface area contributed by atoms with E-state index in [0.29, 0.717) is 5.56 Å². The number of halogens is 3. The van der Waals surface area contributed by atoms with Crippen LogP contribution in [0.4, 0.5) is 13.2 Å². The van der Waals surface area contributed by atoms with Gasteiger partial charge in [-0.3, -0.25) is 0 Å². The lowest BCUT2D eigenvalue weighted by molar-refractivity contribution is -0.141. The van der Waals surface area contributed by atoms with Gasteiger partial charge in [-0.1, -0.05) is 12.2 Å². The third-order valence-corrected chi connectivity index (χ3v) is 2.28. The van der Waals surface area contributed by atoms with Gasteiger partial charge in [0.15, 0.2) is 11.5 Å². The Kier molecular flexibility index (Phi) is 2.99. The van der Waals surface area contributed by atoms with Crippen molar-refractivity contribution in [1.29, 1.82) is 0 Å². The number of hydrogen-bond donors (Lipinski definition) is 1. The third-order valence-electron chi connectivity index (χ3n) is 2.06. The molecule has 0 aliphatic carbocycles. The zero-order valence-electron chi connectivity index (χ0n) is 8.72. The van der Waals surface area contributed by atoms with Gasteiger partial charge in [-0.05, 0) is 12.1 Å². The summed E-state index contributed by atoms with van der Waals surface area (Å²) in [5.41, 5.74) is 4.72. The second-order valence-corrected chi connectivity index (χ2v) is 3.72.